The van der Waals surface area contributed by atoms with E-state index in [9.17, 15) is 26.8 Å². The Hall–Kier alpha value is -2.52. The highest BCUT2D eigenvalue weighted by atomic mass is 35.5. The minimum absolute atomic E-state index is 0.0263. The zero-order chi connectivity index (χ0) is 24.4. The molecule has 2 aliphatic carbocycles. The van der Waals surface area contributed by atoms with Crippen molar-refractivity contribution in [2.45, 2.75) is 60.3 Å². The molecule has 3 fully saturated rings. The van der Waals surface area contributed by atoms with Crippen molar-refractivity contribution in [3.05, 3.63) is 23.4 Å². The summed E-state index contributed by atoms with van der Waals surface area (Å²) in [4.78, 5) is 27.3. The Labute approximate surface area is 194 Å². The molecule has 2 N–H and O–H groups in total. The van der Waals surface area contributed by atoms with Gasteiger partial charge in [0.1, 0.15) is 5.54 Å². The molecule has 1 aromatic heterocycles. The molecule has 2 amide bonds. The van der Waals surface area contributed by atoms with Gasteiger partial charge in [0.25, 0.3) is 5.92 Å². The van der Waals surface area contributed by atoms with E-state index in [0.717, 1.165) is 4.90 Å². The Kier molecular flexibility index (Phi) is 7.14. The number of carbonyl (C=O) groups is 2. The molecule has 0 unspecified atom stereocenters. The number of halogens is 3. The molecule has 1 aromatic rings. The molecule has 0 aromatic carbocycles. The molecule has 0 bridgehead atoms. The molecule has 2 atom stereocenters. The van der Waals surface area contributed by atoms with Gasteiger partial charge in [-0.05, 0) is 44.2 Å². The summed E-state index contributed by atoms with van der Waals surface area (Å²) in [6, 6.07) is 4.68. The number of hydrogen-bond donors (Lipinski definition) is 2. The quantitative estimate of drug-likeness (QED) is 0.642. The average molecular weight is 505 g/mol. The van der Waals surface area contributed by atoms with Crippen molar-refractivity contribution in [1.82, 2.24) is 15.2 Å². The van der Waals surface area contributed by atoms with E-state index in [0.29, 0.717) is 30.7 Å². The summed E-state index contributed by atoms with van der Waals surface area (Å²) < 4.78 is 51.7. The van der Waals surface area contributed by atoms with E-state index in [-0.39, 0.29) is 30.3 Å². The van der Waals surface area contributed by atoms with E-state index in [4.69, 9.17) is 22.0 Å². The number of nitrogens with one attached hydrogen (secondary N) is 1. The second kappa shape index (κ2) is 9.38. The third kappa shape index (κ3) is 6.09. The Bertz CT molecular complexity index is 1060. The first-order chi connectivity index (χ1) is 15.4. The Morgan fingerprint density at radius 1 is 1.27 bits per heavy atom. The maximum Gasteiger partial charge on any atom is 0.405 e. The first-order valence-electron chi connectivity index (χ1n) is 10.3. The van der Waals surface area contributed by atoms with Gasteiger partial charge in [0, 0.05) is 25.1 Å². The molecular formula is C20H23ClF2N4O5S. The first-order valence-corrected chi connectivity index (χ1v) is 12.2. The third-order valence-electron chi connectivity index (χ3n) is 5.96. The fraction of sp³-hybridized carbons (Fsp3) is 0.600. The van der Waals surface area contributed by atoms with Crippen LogP contribution in [0.2, 0.25) is 5.02 Å². The summed E-state index contributed by atoms with van der Waals surface area (Å²) in [6.07, 6.45) is 1.97. The first kappa shape index (κ1) is 25.1. The lowest BCUT2D eigenvalue weighted by molar-refractivity contribution is -0.135. The molecule has 0 spiro atoms. The maximum atomic E-state index is 13.3. The van der Waals surface area contributed by atoms with Crippen molar-refractivity contribution in [1.29, 1.82) is 5.26 Å². The molecule has 1 saturated heterocycles. The Morgan fingerprint density at radius 2 is 1.97 bits per heavy atom. The van der Waals surface area contributed by atoms with E-state index >= 15 is 0 Å². The fourth-order valence-electron chi connectivity index (χ4n) is 3.92. The topological polar surface area (TPSA) is 140 Å². The van der Waals surface area contributed by atoms with E-state index in [1.807, 2.05) is 6.07 Å². The van der Waals surface area contributed by atoms with Gasteiger partial charge in [-0.1, -0.05) is 11.6 Å². The van der Waals surface area contributed by atoms with Gasteiger partial charge in [-0.15, -0.1) is 0 Å². The van der Waals surface area contributed by atoms with E-state index in [1.165, 1.54) is 18.3 Å². The number of nitriles is 1. The molecule has 4 rings (SSSR count). The van der Waals surface area contributed by atoms with Crippen LogP contribution in [0, 0.1) is 17.2 Å². The van der Waals surface area contributed by atoms with E-state index < -0.39 is 45.1 Å². The predicted octanol–water partition coefficient (Wildman–Crippen LogP) is 2.86. The van der Waals surface area contributed by atoms with Crippen LogP contribution in [0.3, 0.4) is 0 Å². The lowest BCUT2D eigenvalue weighted by Gasteiger charge is -2.20. The molecule has 2 saturated carbocycles. The number of carboxylic acid groups (broad SMARTS) is 1. The standard InChI is InChI=1S/C15H17ClF2N2O3S.C5H6N2O2/c16-11-2-4-13(19-8-11)24(22,23)12-3-1-10(7-12)14(21)20-6-5-15(17,18)9-20;6-3-5(1-2-5)7-4(8)9/h2,4,8,10,12H,1,3,5-7,9H2;7H,1-2H2,(H,8,9)/t10-,12+;/m1./s1. The molecule has 9 nitrogen and oxygen atoms in total. The number of likely N-dealkylation sites (tertiary alicyclic amines) is 1. The lowest BCUT2D eigenvalue weighted by atomic mass is 10.1. The molecule has 1 aliphatic heterocycles. The smallest absolute Gasteiger partial charge is 0.405 e. The van der Waals surface area contributed by atoms with E-state index in [2.05, 4.69) is 10.3 Å². The Morgan fingerprint density at radius 3 is 2.42 bits per heavy atom. The molecule has 33 heavy (non-hydrogen) atoms. The van der Waals surface area contributed by atoms with Crippen LogP contribution in [0.5, 0.6) is 0 Å². The van der Waals surface area contributed by atoms with Gasteiger partial charge in [0.2, 0.25) is 5.91 Å². The van der Waals surface area contributed by atoms with Gasteiger partial charge in [-0.3, -0.25) is 4.79 Å². The number of nitrogens with zero attached hydrogens (tertiary/aromatic N) is 3. The minimum Gasteiger partial charge on any atom is -0.465 e. The second-order valence-electron chi connectivity index (χ2n) is 8.48. The van der Waals surface area contributed by atoms with Gasteiger partial charge in [-0.25, -0.2) is 27.0 Å². The monoisotopic (exact) mass is 504 g/mol. The van der Waals surface area contributed by atoms with Gasteiger partial charge < -0.3 is 15.3 Å². The second-order valence-corrected chi connectivity index (χ2v) is 11.1. The van der Waals surface area contributed by atoms with Crippen LogP contribution < -0.4 is 5.32 Å². The largest absolute Gasteiger partial charge is 0.465 e. The Balaban J connectivity index is 0.000000286. The van der Waals surface area contributed by atoms with Crippen LogP contribution in [0.15, 0.2) is 23.4 Å². The highest BCUT2D eigenvalue weighted by Crippen LogP contribution is 2.36. The highest BCUT2D eigenvalue weighted by Gasteiger charge is 2.46. The third-order valence-corrected chi connectivity index (χ3v) is 8.31. The number of carbonyl (C=O) groups excluding carboxylic acids is 1. The predicted molar refractivity (Wildman–Crippen MR) is 112 cm³/mol. The van der Waals surface area contributed by atoms with E-state index in [1.54, 1.807) is 0 Å². The van der Waals surface area contributed by atoms with Crippen LogP contribution in [0.4, 0.5) is 13.6 Å². The number of hydrogen-bond acceptors (Lipinski definition) is 6. The highest BCUT2D eigenvalue weighted by molar-refractivity contribution is 7.92. The van der Waals surface area contributed by atoms with Gasteiger partial charge in [-0.2, -0.15) is 5.26 Å². The molecular weight excluding hydrogens is 482 g/mol. The zero-order valence-corrected chi connectivity index (χ0v) is 19.1. The molecule has 13 heteroatoms. The number of aromatic nitrogens is 1. The summed E-state index contributed by atoms with van der Waals surface area (Å²) in [5.41, 5.74) is -0.730. The van der Waals surface area contributed by atoms with Crippen molar-refractivity contribution in [3.8, 4) is 6.07 Å². The fourth-order valence-corrected chi connectivity index (χ4v) is 5.77. The van der Waals surface area contributed by atoms with Crippen molar-refractivity contribution >= 4 is 33.4 Å². The van der Waals surface area contributed by atoms with Crippen LogP contribution in [0.1, 0.15) is 38.5 Å². The van der Waals surface area contributed by atoms with Crippen LogP contribution in [-0.4, -0.2) is 65.2 Å². The zero-order valence-electron chi connectivity index (χ0n) is 17.5. The van der Waals surface area contributed by atoms with Crippen molar-refractivity contribution in [2.24, 2.45) is 5.92 Å². The van der Waals surface area contributed by atoms with Crippen LogP contribution >= 0.6 is 11.6 Å². The van der Waals surface area contributed by atoms with Crippen molar-refractivity contribution in [3.63, 3.8) is 0 Å². The minimum atomic E-state index is -3.66. The maximum absolute atomic E-state index is 13.3. The summed E-state index contributed by atoms with van der Waals surface area (Å²) in [6.45, 7) is -0.545. The molecule has 0 radical (unpaired) electrons. The van der Waals surface area contributed by atoms with Crippen LogP contribution in [-0.2, 0) is 14.6 Å². The number of rotatable bonds is 4. The van der Waals surface area contributed by atoms with Crippen molar-refractivity contribution in [2.75, 3.05) is 13.1 Å². The van der Waals surface area contributed by atoms with Gasteiger partial charge >= 0.3 is 6.09 Å². The molecule has 180 valence electrons. The van der Waals surface area contributed by atoms with Crippen molar-refractivity contribution < 1.29 is 31.9 Å². The van der Waals surface area contributed by atoms with Gasteiger partial charge in [0.15, 0.2) is 14.9 Å². The lowest BCUT2D eigenvalue weighted by Crippen LogP contribution is -2.35. The number of amides is 2. The number of alkyl halides is 2. The van der Waals surface area contributed by atoms with Crippen LogP contribution in [0.25, 0.3) is 0 Å². The summed E-state index contributed by atoms with van der Waals surface area (Å²) in [7, 11) is -3.66. The SMILES string of the molecule is N#CC1(NC(=O)O)CC1.O=C([C@@H]1CC[C@H](S(=O)(=O)c2ccc(Cl)cn2)C1)N1CCC(F)(F)C1. The summed E-state index contributed by atoms with van der Waals surface area (Å²) in [5, 5.41) is 18.2. The summed E-state index contributed by atoms with van der Waals surface area (Å²) in [5.74, 6) is -3.73. The van der Waals surface area contributed by atoms with Gasteiger partial charge in [0.05, 0.1) is 22.9 Å². The average Bonchev–Trinajstić information content (AvgIpc) is 3.16. The molecule has 3 aliphatic rings. The number of sulfone groups is 1. The molecule has 2 heterocycles. The summed E-state index contributed by atoms with van der Waals surface area (Å²) >= 11 is 5.71. The number of pyridine rings is 1. The normalized spacial score (nSPS) is 24.8.